The molecule has 126 valence electrons. The van der Waals surface area contributed by atoms with Gasteiger partial charge in [-0.05, 0) is 67.1 Å². The lowest BCUT2D eigenvalue weighted by molar-refractivity contribution is 0.164. The molecule has 0 amide bonds. The van der Waals surface area contributed by atoms with E-state index in [1.165, 1.54) is 41.5 Å². The van der Waals surface area contributed by atoms with Crippen molar-refractivity contribution in [2.45, 2.75) is 44.1 Å². The lowest BCUT2D eigenvalue weighted by atomic mass is 9.57. The highest BCUT2D eigenvalue weighted by Gasteiger charge is 2.48. The maximum absolute atomic E-state index is 6.60. The van der Waals surface area contributed by atoms with E-state index < -0.39 is 0 Å². The standard InChI is InChI=1S/C21H24ClNO/c1-14-12-15-8-11-23-20(16(15)13-19(14)24-2)21(9-5-10-21)17-6-3-4-7-18(17)22/h3-4,6-7,12-13,20,23H,5,8-11H2,1-2H3. The summed E-state index contributed by atoms with van der Waals surface area (Å²) in [5.41, 5.74) is 5.46. The van der Waals surface area contributed by atoms with Gasteiger partial charge in [-0.3, -0.25) is 0 Å². The third kappa shape index (κ3) is 2.35. The topological polar surface area (TPSA) is 21.3 Å². The first-order valence-electron chi connectivity index (χ1n) is 8.81. The van der Waals surface area contributed by atoms with Gasteiger partial charge in [0.2, 0.25) is 0 Å². The first-order valence-corrected chi connectivity index (χ1v) is 9.19. The normalized spacial score (nSPS) is 21.7. The summed E-state index contributed by atoms with van der Waals surface area (Å²) in [6, 6.07) is 13.2. The fourth-order valence-corrected chi connectivity index (χ4v) is 4.88. The Balaban J connectivity index is 1.84. The number of nitrogens with one attached hydrogen (secondary N) is 1. The zero-order valence-electron chi connectivity index (χ0n) is 14.4. The molecule has 1 unspecified atom stereocenters. The summed E-state index contributed by atoms with van der Waals surface area (Å²) in [5.74, 6) is 0.982. The largest absolute Gasteiger partial charge is 0.496 e. The maximum Gasteiger partial charge on any atom is 0.122 e. The fraction of sp³-hybridized carbons (Fsp3) is 0.429. The SMILES string of the molecule is COc1cc2c(cc1C)CCNC2C1(c2ccccc2Cl)CCC1. The molecular formula is C21H24ClNO. The molecule has 0 spiro atoms. The minimum Gasteiger partial charge on any atom is -0.496 e. The molecule has 2 aromatic rings. The minimum atomic E-state index is 0.105. The molecule has 1 aliphatic carbocycles. The molecule has 3 heteroatoms. The number of halogens is 1. The number of methoxy groups -OCH3 is 1. The van der Waals surface area contributed by atoms with Crippen molar-refractivity contribution in [3.63, 3.8) is 0 Å². The van der Waals surface area contributed by atoms with Crippen molar-refractivity contribution in [3.8, 4) is 5.75 Å². The molecule has 0 saturated heterocycles. The third-order valence-corrected chi connectivity index (χ3v) is 6.25. The van der Waals surface area contributed by atoms with Crippen LogP contribution in [-0.4, -0.2) is 13.7 Å². The fourth-order valence-electron chi connectivity index (χ4n) is 4.56. The number of ether oxygens (including phenoxy) is 1. The highest BCUT2D eigenvalue weighted by Crippen LogP contribution is 2.55. The minimum absolute atomic E-state index is 0.105. The Bertz CT molecular complexity index is 766. The van der Waals surface area contributed by atoms with E-state index in [0.29, 0.717) is 6.04 Å². The zero-order chi connectivity index (χ0) is 16.7. The second-order valence-electron chi connectivity index (χ2n) is 7.15. The molecule has 2 nitrogen and oxygen atoms in total. The van der Waals surface area contributed by atoms with Gasteiger partial charge in [0.15, 0.2) is 0 Å². The van der Waals surface area contributed by atoms with Crippen LogP contribution in [0.3, 0.4) is 0 Å². The van der Waals surface area contributed by atoms with E-state index in [1.807, 2.05) is 12.1 Å². The van der Waals surface area contributed by atoms with Gasteiger partial charge < -0.3 is 10.1 Å². The highest BCUT2D eigenvalue weighted by atomic mass is 35.5. The number of benzene rings is 2. The van der Waals surface area contributed by atoms with Crippen molar-refractivity contribution >= 4 is 11.6 Å². The third-order valence-electron chi connectivity index (χ3n) is 5.92. The van der Waals surface area contributed by atoms with Crippen LogP contribution in [0, 0.1) is 6.92 Å². The van der Waals surface area contributed by atoms with Gasteiger partial charge in [0.1, 0.15) is 5.75 Å². The van der Waals surface area contributed by atoms with E-state index in [9.17, 15) is 0 Å². The van der Waals surface area contributed by atoms with Crippen LogP contribution in [-0.2, 0) is 11.8 Å². The molecule has 24 heavy (non-hydrogen) atoms. The van der Waals surface area contributed by atoms with Crippen LogP contribution >= 0.6 is 11.6 Å². The van der Waals surface area contributed by atoms with Gasteiger partial charge in [0.25, 0.3) is 0 Å². The highest BCUT2D eigenvalue weighted by molar-refractivity contribution is 6.31. The van der Waals surface area contributed by atoms with Crippen molar-refractivity contribution in [2.75, 3.05) is 13.7 Å². The van der Waals surface area contributed by atoms with Crippen LogP contribution in [0.2, 0.25) is 5.02 Å². The Morgan fingerprint density at radius 1 is 1.21 bits per heavy atom. The Kier molecular flexibility index (Phi) is 4.06. The van der Waals surface area contributed by atoms with Crippen LogP contribution < -0.4 is 10.1 Å². The van der Waals surface area contributed by atoms with Crippen molar-refractivity contribution in [1.29, 1.82) is 0 Å². The number of rotatable bonds is 3. The summed E-state index contributed by atoms with van der Waals surface area (Å²) in [5, 5.41) is 4.69. The molecule has 1 fully saturated rings. The summed E-state index contributed by atoms with van der Waals surface area (Å²) in [6.45, 7) is 3.15. The van der Waals surface area contributed by atoms with Crippen LogP contribution in [0.5, 0.6) is 5.75 Å². The summed E-state index contributed by atoms with van der Waals surface area (Å²) in [4.78, 5) is 0. The molecule has 1 aliphatic heterocycles. The molecule has 1 saturated carbocycles. The monoisotopic (exact) mass is 341 g/mol. The molecule has 1 atom stereocenters. The second kappa shape index (κ2) is 6.09. The summed E-state index contributed by atoms with van der Waals surface area (Å²) in [6.07, 6.45) is 4.71. The van der Waals surface area contributed by atoms with Crippen LogP contribution in [0.25, 0.3) is 0 Å². The molecule has 2 aliphatic rings. The maximum atomic E-state index is 6.60. The van der Waals surface area contributed by atoms with E-state index in [1.54, 1.807) is 7.11 Å². The zero-order valence-corrected chi connectivity index (χ0v) is 15.1. The van der Waals surface area contributed by atoms with Gasteiger partial charge in [-0.1, -0.05) is 42.3 Å². The molecule has 0 bridgehead atoms. The van der Waals surface area contributed by atoms with Gasteiger partial charge >= 0.3 is 0 Å². The van der Waals surface area contributed by atoms with E-state index in [2.05, 4.69) is 36.5 Å². The van der Waals surface area contributed by atoms with Crippen molar-refractivity contribution in [2.24, 2.45) is 0 Å². The van der Waals surface area contributed by atoms with Crippen molar-refractivity contribution < 1.29 is 4.74 Å². The molecule has 0 aromatic heterocycles. The molecule has 2 aromatic carbocycles. The summed E-state index contributed by atoms with van der Waals surface area (Å²) in [7, 11) is 1.76. The van der Waals surface area contributed by atoms with Gasteiger partial charge in [-0.25, -0.2) is 0 Å². The van der Waals surface area contributed by atoms with E-state index in [4.69, 9.17) is 16.3 Å². The number of hydrogen-bond acceptors (Lipinski definition) is 2. The second-order valence-corrected chi connectivity index (χ2v) is 7.55. The van der Waals surface area contributed by atoms with Crippen LogP contribution in [0.4, 0.5) is 0 Å². The van der Waals surface area contributed by atoms with Crippen LogP contribution in [0.1, 0.15) is 47.6 Å². The lowest BCUT2D eigenvalue weighted by Gasteiger charge is -2.51. The van der Waals surface area contributed by atoms with Gasteiger partial charge in [-0.15, -0.1) is 0 Å². The smallest absolute Gasteiger partial charge is 0.122 e. The predicted octanol–water partition coefficient (Wildman–Crippen LogP) is 4.97. The van der Waals surface area contributed by atoms with E-state index in [0.717, 1.165) is 23.7 Å². The average Bonchev–Trinajstić information content (AvgIpc) is 2.55. The first-order chi connectivity index (χ1) is 11.7. The van der Waals surface area contributed by atoms with Gasteiger partial charge in [0, 0.05) is 16.5 Å². The number of fused-ring (bicyclic) bond motifs is 1. The molecule has 4 rings (SSSR count). The lowest BCUT2D eigenvalue weighted by Crippen LogP contribution is -2.49. The van der Waals surface area contributed by atoms with E-state index in [-0.39, 0.29) is 5.41 Å². The van der Waals surface area contributed by atoms with Crippen molar-refractivity contribution in [3.05, 3.63) is 63.7 Å². The quantitative estimate of drug-likeness (QED) is 0.851. The Hall–Kier alpha value is -1.51. The van der Waals surface area contributed by atoms with Gasteiger partial charge in [-0.2, -0.15) is 0 Å². The molecule has 0 radical (unpaired) electrons. The molecular weight excluding hydrogens is 318 g/mol. The van der Waals surface area contributed by atoms with Crippen molar-refractivity contribution in [1.82, 2.24) is 5.32 Å². The number of aryl methyl sites for hydroxylation is 1. The molecule has 1 N–H and O–H groups in total. The Labute approximate surface area is 149 Å². The summed E-state index contributed by atoms with van der Waals surface area (Å²) >= 11 is 6.60. The van der Waals surface area contributed by atoms with Crippen LogP contribution in [0.15, 0.2) is 36.4 Å². The Morgan fingerprint density at radius 2 is 2.00 bits per heavy atom. The Morgan fingerprint density at radius 3 is 2.67 bits per heavy atom. The van der Waals surface area contributed by atoms with E-state index >= 15 is 0 Å². The number of hydrogen-bond donors (Lipinski definition) is 1. The summed E-state index contributed by atoms with van der Waals surface area (Å²) < 4.78 is 5.60. The first kappa shape index (κ1) is 16.0. The van der Waals surface area contributed by atoms with Gasteiger partial charge in [0.05, 0.1) is 7.11 Å². The predicted molar refractivity (Wildman–Crippen MR) is 99.2 cm³/mol. The average molecular weight is 342 g/mol. The molecule has 1 heterocycles.